The number of nitrogens with zero attached hydrogens (tertiary/aromatic N) is 3. The Hall–Kier alpha value is -0.980. The molecule has 1 aliphatic heterocycles. The lowest BCUT2D eigenvalue weighted by molar-refractivity contribution is 0.362. The number of thiophene rings is 1. The first-order valence-corrected chi connectivity index (χ1v) is 9.19. The maximum absolute atomic E-state index is 5.98. The molecule has 1 saturated heterocycles. The summed E-state index contributed by atoms with van der Waals surface area (Å²) in [7, 11) is 1.84. The van der Waals surface area contributed by atoms with Crippen LogP contribution in [0.25, 0.3) is 11.3 Å². The van der Waals surface area contributed by atoms with Crippen molar-refractivity contribution in [2.75, 3.05) is 19.8 Å². The number of hydrogen-bond donors (Lipinski definition) is 0. The number of hydrogen-bond acceptors (Lipinski definition) is 5. The number of aliphatic imine (C=N–C) groups is 1. The molecule has 0 aromatic carbocycles. The Bertz CT molecular complexity index is 652. The van der Waals surface area contributed by atoms with Crippen LogP contribution in [0.4, 0.5) is 0 Å². The lowest BCUT2D eigenvalue weighted by Gasteiger charge is -2.24. The number of amidine groups is 1. The first-order valence-electron chi connectivity index (χ1n) is 6.71. The van der Waals surface area contributed by atoms with Gasteiger partial charge in [0.05, 0.1) is 10.4 Å². The Morgan fingerprint density at radius 1 is 1.57 bits per heavy atom. The van der Waals surface area contributed by atoms with Crippen LogP contribution in [-0.4, -0.2) is 35.1 Å². The van der Waals surface area contributed by atoms with Crippen molar-refractivity contribution in [1.29, 1.82) is 0 Å². The third-order valence-corrected chi connectivity index (χ3v) is 5.47. The molecule has 7 heteroatoms. The normalized spacial score (nSPS) is 19.5. The fourth-order valence-electron chi connectivity index (χ4n) is 2.66. The summed E-state index contributed by atoms with van der Waals surface area (Å²) in [5.41, 5.74) is 1.96. The van der Waals surface area contributed by atoms with E-state index < -0.39 is 0 Å². The summed E-state index contributed by atoms with van der Waals surface area (Å²) in [4.78, 5) is 6.68. The molecule has 0 amide bonds. The molecule has 21 heavy (non-hydrogen) atoms. The van der Waals surface area contributed by atoms with Crippen molar-refractivity contribution in [3.8, 4) is 11.3 Å². The molecule has 112 valence electrons. The molecule has 0 spiro atoms. The maximum Gasteiger partial charge on any atom is 0.168 e. The smallest absolute Gasteiger partial charge is 0.168 e. The van der Waals surface area contributed by atoms with Crippen LogP contribution in [0.3, 0.4) is 0 Å². The van der Waals surface area contributed by atoms with Crippen molar-refractivity contribution in [3.63, 3.8) is 0 Å². The van der Waals surface area contributed by atoms with Gasteiger partial charge in [-0.1, -0.05) is 28.5 Å². The van der Waals surface area contributed by atoms with Crippen LogP contribution < -0.4 is 0 Å². The van der Waals surface area contributed by atoms with Crippen molar-refractivity contribution in [2.24, 2.45) is 4.99 Å². The van der Waals surface area contributed by atoms with Crippen LogP contribution in [0.15, 0.2) is 27.0 Å². The Morgan fingerprint density at radius 3 is 3.10 bits per heavy atom. The van der Waals surface area contributed by atoms with Crippen LogP contribution >= 0.6 is 34.7 Å². The average Bonchev–Trinajstić information content (AvgIpc) is 3.18. The highest BCUT2D eigenvalue weighted by atomic mass is 35.5. The summed E-state index contributed by atoms with van der Waals surface area (Å²) in [6.45, 7) is 1.02. The van der Waals surface area contributed by atoms with Gasteiger partial charge in [0, 0.05) is 30.6 Å². The molecule has 0 aliphatic carbocycles. The van der Waals surface area contributed by atoms with Gasteiger partial charge in [-0.3, -0.25) is 4.99 Å². The van der Waals surface area contributed by atoms with Crippen LogP contribution in [0.5, 0.6) is 0 Å². The van der Waals surface area contributed by atoms with E-state index >= 15 is 0 Å². The van der Waals surface area contributed by atoms with Crippen molar-refractivity contribution in [2.45, 2.75) is 18.9 Å². The predicted octanol–water partition coefficient (Wildman–Crippen LogP) is 4.54. The van der Waals surface area contributed by atoms with Crippen LogP contribution in [0, 0.1) is 0 Å². The number of halogens is 1. The van der Waals surface area contributed by atoms with Crippen molar-refractivity contribution in [3.05, 3.63) is 27.5 Å². The summed E-state index contributed by atoms with van der Waals surface area (Å²) in [6, 6.07) is 4.18. The molecule has 4 nitrogen and oxygen atoms in total. The molecular weight excluding hydrogens is 326 g/mol. The van der Waals surface area contributed by atoms with Gasteiger partial charge in [0.15, 0.2) is 10.9 Å². The predicted molar refractivity (Wildman–Crippen MR) is 90.4 cm³/mol. The molecule has 2 aromatic rings. The summed E-state index contributed by atoms with van der Waals surface area (Å²) >= 11 is 9.15. The molecule has 1 fully saturated rings. The molecular formula is C14H16ClN3OS2. The summed E-state index contributed by atoms with van der Waals surface area (Å²) in [6.07, 6.45) is 4.28. The van der Waals surface area contributed by atoms with E-state index in [2.05, 4.69) is 21.3 Å². The fraction of sp³-hybridized carbons (Fsp3) is 0.429. The largest absolute Gasteiger partial charge is 0.356 e. The Labute approximate surface area is 137 Å². The van der Waals surface area contributed by atoms with Crippen molar-refractivity contribution in [1.82, 2.24) is 10.1 Å². The van der Waals surface area contributed by atoms with Crippen LogP contribution in [-0.2, 0) is 0 Å². The average molecular weight is 342 g/mol. The molecule has 0 radical (unpaired) electrons. The monoisotopic (exact) mass is 341 g/mol. The molecule has 3 rings (SSSR count). The zero-order valence-corrected chi connectivity index (χ0v) is 14.3. The summed E-state index contributed by atoms with van der Waals surface area (Å²) < 4.78 is 6.25. The van der Waals surface area contributed by atoms with Gasteiger partial charge in [0.25, 0.3) is 0 Å². The Balaban J connectivity index is 1.85. The number of likely N-dealkylation sites (tertiary alicyclic amines) is 1. The molecule has 1 atom stereocenters. The standard InChI is InChI=1S/C14H16ClN3OS2/c1-16-14(20-2)18-5-3-4-11(18)10-7-12(19-17-10)9-6-13(15)21-8-9/h6-8,11H,3-5H2,1-2H3/b16-14-/t11-/m1/s1. The van der Waals surface area contributed by atoms with E-state index in [4.69, 9.17) is 16.1 Å². The van der Waals surface area contributed by atoms with E-state index in [-0.39, 0.29) is 6.04 Å². The van der Waals surface area contributed by atoms with Gasteiger partial charge in [0.1, 0.15) is 5.69 Å². The highest BCUT2D eigenvalue weighted by molar-refractivity contribution is 8.13. The van der Waals surface area contributed by atoms with E-state index in [1.807, 2.05) is 24.6 Å². The molecule has 0 unspecified atom stereocenters. The van der Waals surface area contributed by atoms with Crippen molar-refractivity contribution >= 4 is 39.9 Å². The third kappa shape index (κ3) is 2.98. The second kappa shape index (κ2) is 6.42. The van der Waals surface area contributed by atoms with Gasteiger partial charge in [-0.2, -0.15) is 0 Å². The first-order chi connectivity index (χ1) is 10.2. The van der Waals surface area contributed by atoms with Gasteiger partial charge >= 0.3 is 0 Å². The van der Waals surface area contributed by atoms with E-state index in [1.165, 1.54) is 11.3 Å². The van der Waals surface area contributed by atoms with Crippen molar-refractivity contribution < 1.29 is 4.52 Å². The molecule has 1 aliphatic rings. The lowest BCUT2D eigenvalue weighted by Crippen LogP contribution is -2.28. The third-order valence-electron chi connectivity index (χ3n) is 3.59. The summed E-state index contributed by atoms with van der Waals surface area (Å²) in [5, 5.41) is 7.31. The quantitative estimate of drug-likeness (QED) is 0.594. The minimum absolute atomic E-state index is 0.253. The molecule has 2 aromatic heterocycles. The lowest BCUT2D eigenvalue weighted by atomic mass is 10.1. The number of rotatable bonds is 2. The minimum atomic E-state index is 0.253. The van der Waals surface area contributed by atoms with Crippen LogP contribution in [0.1, 0.15) is 24.6 Å². The van der Waals surface area contributed by atoms with Gasteiger partial charge in [0.2, 0.25) is 0 Å². The zero-order chi connectivity index (χ0) is 14.8. The zero-order valence-electron chi connectivity index (χ0n) is 11.9. The molecule has 0 N–H and O–H groups in total. The SMILES string of the molecule is C/N=C(\SC)N1CCC[C@@H]1c1cc(-c2csc(Cl)c2)on1. The van der Waals surface area contributed by atoms with Gasteiger partial charge < -0.3 is 9.42 Å². The van der Waals surface area contributed by atoms with E-state index in [9.17, 15) is 0 Å². The van der Waals surface area contributed by atoms with E-state index in [1.54, 1.807) is 11.8 Å². The summed E-state index contributed by atoms with van der Waals surface area (Å²) in [5.74, 6) is 0.777. The minimum Gasteiger partial charge on any atom is -0.356 e. The Morgan fingerprint density at radius 2 is 2.43 bits per heavy atom. The van der Waals surface area contributed by atoms with E-state index in [0.717, 1.165) is 45.9 Å². The van der Waals surface area contributed by atoms with Crippen LogP contribution in [0.2, 0.25) is 4.34 Å². The second-order valence-corrected chi connectivity index (χ2v) is 7.13. The highest BCUT2D eigenvalue weighted by Crippen LogP contribution is 2.36. The first kappa shape index (κ1) is 14.9. The van der Waals surface area contributed by atoms with Gasteiger partial charge in [-0.15, -0.1) is 11.3 Å². The van der Waals surface area contributed by atoms with E-state index in [0.29, 0.717) is 0 Å². The Kier molecular flexibility index (Phi) is 4.57. The fourth-order valence-corrected chi connectivity index (χ4v) is 4.17. The van der Waals surface area contributed by atoms with Gasteiger partial charge in [-0.05, 0) is 25.2 Å². The second-order valence-electron chi connectivity index (χ2n) is 4.82. The maximum atomic E-state index is 5.98. The highest BCUT2D eigenvalue weighted by Gasteiger charge is 2.30. The van der Waals surface area contributed by atoms with Gasteiger partial charge in [-0.25, -0.2) is 0 Å². The number of thioether (sulfide) groups is 1. The number of aromatic nitrogens is 1. The molecule has 0 saturated carbocycles. The molecule has 0 bridgehead atoms. The molecule has 3 heterocycles. The topological polar surface area (TPSA) is 41.6 Å².